The van der Waals surface area contributed by atoms with Crippen LogP contribution in [0.25, 0.3) is 0 Å². The van der Waals surface area contributed by atoms with Crippen molar-refractivity contribution < 1.29 is 4.42 Å². The van der Waals surface area contributed by atoms with Crippen LogP contribution in [-0.4, -0.2) is 21.8 Å². The lowest BCUT2D eigenvalue weighted by atomic mass is 10.2. The van der Waals surface area contributed by atoms with E-state index in [1.54, 1.807) is 0 Å². The molecule has 0 aliphatic rings. The molecular weight excluding hydrogens is 216 g/mol. The lowest BCUT2D eigenvalue weighted by Crippen LogP contribution is -2.05. The molecule has 0 bridgehead atoms. The highest BCUT2D eigenvalue weighted by atomic mass is 16.3. The number of aromatic nitrogens is 3. The van der Waals surface area contributed by atoms with Gasteiger partial charge in [-0.2, -0.15) is 5.10 Å². The van der Waals surface area contributed by atoms with Crippen molar-refractivity contribution in [2.24, 2.45) is 0 Å². The molecule has 0 amide bonds. The smallest absolute Gasteiger partial charge is 0.147 e. The van der Waals surface area contributed by atoms with Crippen molar-refractivity contribution in [1.82, 2.24) is 20.1 Å². The van der Waals surface area contributed by atoms with Crippen LogP contribution in [0, 0.1) is 20.8 Å². The average Bonchev–Trinajstić information content (AvgIpc) is 2.73. The molecule has 92 valence electrons. The number of furan rings is 1. The van der Waals surface area contributed by atoms with E-state index in [-0.39, 0.29) is 0 Å². The van der Waals surface area contributed by atoms with Gasteiger partial charge in [0.25, 0.3) is 0 Å². The first kappa shape index (κ1) is 11.9. The van der Waals surface area contributed by atoms with Gasteiger partial charge >= 0.3 is 0 Å². The second kappa shape index (κ2) is 4.71. The molecule has 0 spiro atoms. The van der Waals surface area contributed by atoms with Crippen LogP contribution in [0.1, 0.15) is 28.7 Å². The number of rotatable bonds is 4. The minimum atomic E-state index is 0.636. The van der Waals surface area contributed by atoms with Crippen LogP contribution in [-0.2, 0) is 13.1 Å². The topological polar surface area (TPSA) is 55.9 Å². The molecule has 0 fully saturated rings. The van der Waals surface area contributed by atoms with Gasteiger partial charge in [-0.1, -0.05) is 0 Å². The van der Waals surface area contributed by atoms with E-state index in [4.69, 9.17) is 4.42 Å². The summed E-state index contributed by atoms with van der Waals surface area (Å²) in [5, 5.41) is 7.44. The van der Waals surface area contributed by atoms with E-state index in [0.717, 1.165) is 29.7 Å². The van der Waals surface area contributed by atoms with Crippen molar-refractivity contribution in [3.8, 4) is 0 Å². The molecule has 0 aliphatic carbocycles. The van der Waals surface area contributed by atoms with Gasteiger partial charge in [0.15, 0.2) is 0 Å². The van der Waals surface area contributed by atoms with Crippen molar-refractivity contribution in [3.63, 3.8) is 0 Å². The van der Waals surface area contributed by atoms with Crippen molar-refractivity contribution in [2.45, 2.75) is 33.9 Å². The third-order valence-corrected chi connectivity index (χ3v) is 2.71. The number of hydrogen-bond donors (Lipinski definition) is 1. The second-order valence-electron chi connectivity index (χ2n) is 4.19. The summed E-state index contributed by atoms with van der Waals surface area (Å²) in [7, 11) is 1.93. The molecule has 0 aromatic carbocycles. The van der Waals surface area contributed by atoms with Gasteiger partial charge in [0.2, 0.25) is 0 Å². The Bertz CT molecular complexity index is 513. The maximum absolute atomic E-state index is 5.71. The standard InChI is InChI=1S/C12H18N4O/c1-8-11(6-13-4)5-12(17-8)7-16-10(3)14-9(2)15-16/h5,13H,6-7H2,1-4H3. The van der Waals surface area contributed by atoms with E-state index >= 15 is 0 Å². The number of aryl methyl sites for hydroxylation is 3. The number of nitrogens with zero attached hydrogens (tertiary/aromatic N) is 3. The molecule has 17 heavy (non-hydrogen) atoms. The summed E-state index contributed by atoms with van der Waals surface area (Å²) in [5.74, 6) is 3.58. The first-order valence-electron chi connectivity index (χ1n) is 5.71. The van der Waals surface area contributed by atoms with Gasteiger partial charge in [0, 0.05) is 12.1 Å². The van der Waals surface area contributed by atoms with E-state index in [2.05, 4.69) is 21.5 Å². The van der Waals surface area contributed by atoms with E-state index in [0.29, 0.717) is 6.54 Å². The molecule has 1 N–H and O–H groups in total. The van der Waals surface area contributed by atoms with Gasteiger partial charge in [-0.15, -0.1) is 0 Å². The van der Waals surface area contributed by atoms with Crippen LogP contribution in [0.3, 0.4) is 0 Å². The Kier molecular flexibility index (Phi) is 3.28. The number of nitrogens with one attached hydrogen (secondary N) is 1. The highest BCUT2D eigenvalue weighted by Crippen LogP contribution is 2.15. The van der Waals surface area contributed by atoms with Crippen molar-refractivity contribution in [2.75, 3.05) is 7.05 Å². The molecule has 2 heterocycles. The van der Waals surface area contributed by atoms with Crippen LogP contribution >= 0.6 is 0 Å². The summed E-state index contributed by atoms with van der Waals surface area (Å²) < 4.78 is 7.56. The zero-order chi connectivity index (χ0) is 12.4. The normalized spacial score (nSPS) is 11.1. The maximum atomic E-state index is 5.71. The predicted molar refractivity (Wildman–Crippen MR) is 64.8 cm³/mol. The van der Waals surface area contributed by atoms with Crippen LogP contribution in [0.2, 0.25) is 0 Å². The van der Waals surface area contributed by atoms with Gasteiger partial charge in [0.05, 0.1) is 0 Å². The van der Waals surface area contributed by atoms with E-state index in [1.165, 1.54) is 5.56 Å². The van der Waals surface area contributed by atoms with Crippen LogP contribution in [0.15, 0.2) is 10.5 Å². The fourth-order valence-corrected chi connectivity index (χ4v) is 1.89. The van der Waals surface area contributed by atoms with Gasteiger partial charge in [0.1, 0.15) is 29.7 Å². The fraction of sp³-hybridized carbons (Fsp3) is 0.500. The van der Waals surface area contributed by atoms with Crippen molar-refractivity contribution in [3.05, 3.63) is 34.8 Å². The lowest BCUT2D eigenvalue weighted by molar-refractivity contribution is 0.453. The predicted octanol–water partition coefficient (Wildman–Crippen LogP) is 1.56. The van der Waals surface area contributed by atoms with Crippen molar-refractivity contribution >= 4 is 0 Å². The molecule has 0 saturated heterocycles. The van der Waals surface area contributed by atoms with Crippen molar-refractivity contribution in [1.29, 1.82) is 0 Å². The Hall–Kier alpha value is -1.62. The van der Waals surface area contributed by atoms with E-state index in [1.807, 2.05) is 32.5 Å². The lowest BCUT2D eigenvalue weighted by Gasteiger charge is -1.98. The fourth-order valence-electron chi connectivity index (χ4n) is 1.89. The quantitative estimate of drug-likeness (QED) is 0.872. The van der Waals surface area contributed by atoms with E-state index < -0.39 is 0 Å². The molecule has 0 aliphatic heterocycles. The monoisotopic (exact) mass is 234 g/mol. The molecule has 5 nitrogen and oxygen atoms in total. The molecular formula is C12H18N4O. The first-order chi connectivity index (χ1) is 8.10. The Morgan fingerprint density at radius 3 is 2.71 bits per heavy atom. The highest BCUT2D eigenvalue weighted by molar-refractivity contribution is 5.20. The minimum Gasteiger partial charge on any atom is -0.464 e. The Balaban J connectivity index is 2.18. The van der Waals surface area contributed by atoms with E-state index in [9.17, 15) is 0 Å². The Labute approximate surface area is 101 Å². The largest absolute Gasteiger partial charge is 0.464 e. The highest BCUT2D eigenvalue weighted by Gasteiger charge is 2.09. The van der Waals surface area contributed by atoms with Crippen LogP contribution in [0.4, 0.5) is 0 Å². The van der Waals surface area contributed by atoms with Gasteiger partial charge < -0.3 is 9.73 Å². The summed E-state index contributed by atoms with van der Waals surface area (Å²) in [4.78, 5) is 4.27. The van der Waals surface area contributed by atoms with Gasteiger partial charge in [-0.05, 0) is 33.9 Å². The molecule has 0 saturated carbocycles. The molecule has 5 heteroatoms. The zero-order valence-corrected chi connectivity index (χ0v) is 10.7. The maximum Gasteiger partial charge on any atom is 0.147 e. The van der Waals surface area contributed by atoms with Crippen LogP contribution in [0.5, 0.6) is 0 Å². The summed E-state index contributed by atoms with van der Waals surface area (Å²) >= 11 is 0. The third-order valence-electron chi connectivity index (χ3n) is 2.71. The third kappa shape index (κ3) is 2.55. The Morgan fingerprint density at radius 2 is 2.12 bits per heavy atom. The van der Waals surface area contributed by atoms with Gasteiger partial charge in [-0.25, -0.2) is 9.67 Å². The first-order valence-corrected chi connectivity index (χ1v) is 5.71. The zero-order valence-electron chi connectivity index (χ0n) is 10.7. The summed E-state index contributed by atoms with van der Waals surface area (Å²) in [6, 6.07) is 2.07. The Morgan fingerprint density at radius 1 is 1.35 bits per heavy atom. The molecule has 0 radical (unpaired) electrons. The summed E-state index contributed by atoms with van der Waals surface area (Å²) in [5.41, 5.74) is 1.19. The molecule has 0 atom stereocenters. The molecule has 0 unspecified atom stereocenters. The molecule has 2 rings (SSSR count). The summed E-state index contributed by atoms with van der Waals surface area (Å²) in [6.45, 7) is 7.28. The summed E-state index contributed by atoms with van der Waals surface area (Å²) in [6.07, 6.45) is 0. The molecule has 2 aromatic rings. The SMILES string of the molecule is CNCc1cc(Cn2nc(C)nc2C)oc1C. The average molecular weight is 234 g/mol. The van der Waals surface area contributed by atoms with Gasteiger partial charge in [-0.3, -0.25) is 0 Å². The minimum absolute atomic E-state index is 0.636. The number of hydrogen-bond acceptors (Lipinski definition) is 4. The molecule has 2 aromatic heterocycles. The second-order valence-corrected chi connectivity index (χ2v) is 4.19. The van der Waals surface area contributed by atoms with Crippen LogP contribution < -0.4 is 5.32 Å².